The molecule has 0 aliphatic carbocycles. The molecule has 0 fully saturated rings. The van der Waals surface area contributed by atoms with Crippen molar-refractivity contribution in [2.75, 3.05) is 6.61 Å². The number of carbonyl (C=O) groups excluding carboxylic acids is 4. The lowest BCUT2D eigenvalue weighted by Crippen LogP contribution is -2.47. The highest BCUT2D eigenvalue weighted by Gasteiger charge is 2.27. The number of benzene rings is 1. The van der Waals surface area contributed by atoms with Crippen LogP contribution in [0.25, 0.3) is 0 Å². The first-order valence-electron chi connectivity index (χ1n) is 9.10. The molecule has 0 spiro atoms. The van der Waals surface area contributed by atoms with Crippen LogP contribution in [-0.4, -0.2) is 36.5 Å². The third-order valence-corrected chi connectivity index (χ3v) is 4.26. The third-order valence-electron chi connectivity index (χ3n) is 3.93. The Morgan fingerprint density at radius 2 is 1.83 bits per heavy atom. The minimum absolute atomic E-state index is 0.0927. The number of hydrogen-bond donors (Lipinski definition) is 3. The standard InChI is InChI=1S/C20H22ClN3O6/c1-12(2)17(24-18(26)14-7-3-4-8-15(14)21)19(27)30-11-16(25)23-20(28)22-10-13-6-5-9-29-13/h3-9,12,17H,10-11H2,1-2H3,(H,24,26)(H2,22,23,25,28)/t17-/m1/s1. The molecule has 1 aromatic carbocycles. The summed E-state index contributed by atoms with van der Waals surface area (Å²) in [6.45, 7) is 2.83. The molecule has 2 rings (SSSR count). The maximum absolute atomic E-state index is 12.4. The molecule has 4 amide bonds. The Balaban J connectivity index is 1.82. The number of ether oxygens (including phenoxy) is 1. The smallest absolute Gasteiger partial charge is 0.329 e. The van der Waals surface area contributed by atoms with Gasteiger partial charge in [-0.1, -0.05) is 37.6 Å². The minimum Gasteiger partial charge on any atom is -0.467 e. The van der Waals surface area contributed by atoms with Gasteiger partial charge in [-0.2, -0.15) is 0 Å². The van der Waals surface area contributed by atoms with E-state index in [4.69, 9.17) is 20.8 Å². The molecule has 0 saturated heterocycles. The average Bonchev–Trinajstić information content (AvgIpc) is 3.22. The normalized spacial score (nSPS) is 11.5. The predicted molar refractivity (Wildman–Crippen MR) is 108 cm³/mol. The van der Waals surface area contributed by atoms with Crippen molar-refractivity contribution in [1.29, 1.82) is 0 Å². The van der Waals surface area contributed by atoms with Gasteiger partial charge in [0.15, 0.2) is 6.61 Å². The van der Waals surface area contributed by atoms with Gasteiger partial charge in [0, 0.05) is 0 Å². The Bertz CT molecular complexity index is 898. The van der Waals surface area contributed by atoms with E-state index in [-0.39, 0.29) is 23.0 Å². The highest BCUT2D eigenvalue weighted by Crippen LogP contribution is 2.15. The van der Waals surface area contributed by atoms with Crippen molar-refractivity contribution in [2.45, 2.75) is 26.4 Å². The van der Waals surface area contributed by atoms with Gasteiger partial charge in [0.05, 0.1) is 23.4 Å². The van der Waals surface area contributed by atoms with E-state index in [2.05, 4.69) is 10.6 Å². The zero-order valence-corrected chi connectivity index (χ0v) is 17.2. The van der Waals surface area contributed by atoms with Crippen LogP contribution in [0.1, 0.15) is 30.0 Å². The van der Waals surface area contributed by atoms with Gasteiger partial charge in [0.2, 0.25) is 0 Å². The molecule has 9 nitrogen and oxygen atoms in total. The number of esters is 1. The van der Waals surface area contributed by atoms with Gasteiger partial charge in [-0.3, -0.25) is 14.9 Å². The first-order chi connectivity index (χ1) is 14.3. The van der Waals surface area contributed by atoms with Crippen molar-refractivity contribution in [3.63, 3.8) is 0 Å². The van der Waals surface area contributed by atoms with Gasteiger partial charge >= 0.3 is 12.0 Å². The molecule has 0 unspecified atom stereocenters. The van der Waals surface area contributed by atoms with Crippen LogP contribution in [0.15, 0.2) is 47.1 Å². The summed E-state index contributed by atoms with van der Waals surface area (Å²) in [5.41, 5.74) is 0.212. The molecule has 1 heterocycles. The number of imide groups is 1. The monoisotopic (exact) mass is 435 g/mol. The van der Waals surface area contributed by atoms with Crippen LogP contribution in [0.5, 0.6) is 0 Å². The van der Waals surface area contributed by atoms with Crippen LogP contribution < -0.4 is 16.0 Å². The second-order valence-electron chi connectivity index (χ2n) is 6.59. The summed E-state index contributed by atoms with van der Waals surface area (Å²) in [6.07, 6.45) is 1.45. The largest absolute Gasteiger partial charge is 0.467 e. The zero-order chi connectivity index (χ0) is 22.1. The summed E-state index contributed by atoms with van der Waals surface area (Å²) in [4.78, 5) is 48.2. The van der Waals surface area contributed by atoms with E-state index < -0.39 is 36.5 Å². The van der Waals surface area contributed by atoms with Crippen molar-refractivity contribution in [3.05, 3.63) is 59.0 Å². The molecule has 0 aliphatic heterocycles. The van der Waals surface area contributed by atoms with Crippen molar-refractivity contribution >= 4 is 35.4 Å². The SMILES string of the molecule is CC(C)[C@@H](NC(=O)c1ccccc1Cl)C(=O)OCC(=O)NC(=O)NCc1ccco1. The Hall–Kier alpha value is -3.33. The highest BCUT2D eigenvalue weighted by molar-refractivity contribution is 6.33. The lowest BCUT2D eigenvalue weighted by molar-refractivity contribution is -0.151. The molecule has 0 bridgehead atoms. The van der Waals surface area contributed by atoms with E-state index in [0.29, 0.717) is 5.76 Å². The molecule has 0 aliphatic rings. The number of urea groups is 1. The Morgan fingerprint density at radius 1 is 1.10 bits per heavy atom. The second kappa shape index (κ2) is 11.0. The van der Waals surface area contributed by atoms with E-state index in [1.165, 1.54) is 12.3 Å². The molecule has 160 valence electrons. The maximum Gasteiger partial charge on any atom is 0.329 e. The molecule has 1 atom stereocenters. The zero-order valence-electron chi connectivity index (χ0n) is 16.4. The van der Waals surface area contributed by atoms with Gasteiger partial charge in [0.1, 0.15) is 11.8 Å². The van der Waals surface area contributed by atoms with Crippen LogP contribution in [0, 0.1) is 5.92 Å². The Kier molecular flexibility index (Phi) is 8.42. The molecular weight excluding hydrogens is 414 g/mol. The number of amides is 4. The molecule has 0 radical (unpaired) electrons. The predicted octanol–water partition coefficient (Wildman–Crippen LogP) is 2.26. The minimum atomic E-state index is -1.01. The lowest BCUT2D eigenvalue weighted by atomic mass is 10.0. The topological polar surface area (TPSA) is 127 Å². The molecule has 1 aromatic heterocycles. The van der Waals surface area contributed by atoms with E-state index in [1.807, 2.05) is 5.32 Å². The van der Waals surface area contributed by atoms with Crippen LogP contribution in [0.4, 0.5) is 4.79 Å². The summed E-state index contributed by atoms with van der Waals surface area (Å²) in [7, 11) is 0. The molecule has 3 N–H and O–H groups in total. The van der Waals surface area contributed by atoms with Crippen LogP contribution in [0.2, 0.25) is 5.02 Å². The fourth-order valence-corrected chi connectivity index (χ4v) is 2.60. The Labute approximate surface area is 178 Å². The van der Waals surface area contributed by atoms with E-state index >= 15 is 0 Å². The van der Waals surface area contributed by atoms with Crippen LogP contribution in [-0.2, 0) is 20.9 Å². The fraction of sp³-hybridized carbons (Fsp3) is 0.300. The van der Waals surface area contributed by atoms with Gasteiger partial charge < -0.3 is 19.8 Å². The number of nitrogens with one attached hydrogen (secondary N) is 3. The maximum atomic E-state index is 12.4. The number of rotatable bonds is 8. The highest BCUT2D eigenvalue weighted by atomic mass is 35.5. The summed E-state index contributed by atoms with van der Waals surface area (Å²) in [5.74, 6) is -1.98. The van der Waals surface area contributed by atoms with Crippen LogP contribution >= 0.6 is 11.6 Å². The molecule has 30 heavy (non-hydrogen) atoms. The van der Waals surface area contributed by atoms with Gasteiger partial charge in [-0.25, -0.2) is 9.59 Å². The number of carbonyl (C=O) groups is 4. The molecule has 0 saturated carbocycles. The van der Waals surface area contributed by atoms with Crippen molar-refractivity contribution in [3.8, 4) is 0 Å². The van der Waals surface area contributed by atoms with Crippen molar-refractivity contribution in [1.82, 2.24) is 16.0 Å². The molecule has 10 heteroatoms. The van der Waals surface area contributed by atoms with Gasteiger partial charge in [0.25, 0.3) is 11.8 Å². The first kappa shape index (κ1) is 23.0. The van der Waals surface area contributed by atoms with Gasteiger partial charge in [-0.05, 0) is 30.2 Å². The van der Waals surface area contributed by atoms with Crippen LogP contribution in [0.3, 0.4) is 0 Å². The molecule has 2 aromatic rings. The van der Waals surface area contributed by atoms with E-state index in [0.717, 1.165) is 0 Å². The van der Waals surface area contributed by atoms with E-state index in [9.17, 15) is 19.2 Å². The quantitative estimate of drug-likeness (QED) is 0.546. The average molecular weight is 436 g/mol. The summed E-state index contributed by atoms with van der Waals surface area (Å²) in [5, 5.41) is 7.24. The van der Waals surface area contributed by atoms with E-state index in [1.54, 1.807) is 44.2 Å². The second-order valence-corrected chi connectivity index (χ2v) is 7.00. The fourth-order valence-electron chi connectivity index (χ4n) is 2.38. The molecular formula is C20H22ClN3O6. The van der Waals surface area contributed by atoms with Crippen molar-refractivity contribution in [2.24, 2.45) is 5.92 Å². The third kappa shape index (κ3) is 6.93. The summed E-state index contributed by atoms with van der Waals surface area (Å²) in [6, 6.07) is 7.95. The van der Waals surface area contributed by atoms with Gasteiger partial charge in [-0.15, -0.1) is 0 Å². The number of hydrogen-bond acceptors (Lipinski definition) is 6. The lowest BCUT2D eigenvalue weighted by Gasteiger charge is -2.21. The number of furan rings is 1. The summed E-state index contributed by atoms with van der Waals surface area (Å²) >= 11 is 6.00. The summed E-state index contributed by atoms with van der Waals surface area (Å²) < 4.78 is 10.00. The van der Waals surface area contributed by atoms with Crippen molar-refractivity contribution < 1.29 is 28.3 Å². The number of halogens is 1. The first-order valence-corrected chi connectivity index (χ1v) is 9.47. The Morgan fingerprint density at radius 3 is 2.47 bits per heavy atom.